The highest BCUT2D eigenvalue weighted by atomic mass is 19.1. The summed E-state index contributed by atoms with van der Waals surface area (Å²) < 4.78 is 31.9. The third kappa shape index (κ3) is 3.07. The lowest BCUT2D eigenvalue weighted by Gasteiger charge is -2.07. The molecule has 0 radical (unpaired) electrons. The first-order valence-electron chi connectivity index (χ1n) is 5.47. The summed E-state index contributed by atoms with van der Waals surface area (Å²) in [5, 5.41) is 8.67. The minimum absolute atomic E-state index is 0.0570. The number of rotatable bonds is 4. The van der Waals surface area contributed by atoms with Gasteiger partial charge >= 0.3 is 5.97 Å². The Labute approximate surface area is 108 Å². The fourth-order valence-corrected chi connectivity index (χ4v) is 1.54. The Balaban J connectivity index is 2.11. The summed E-state index contributed by atoms with van der Waals surface area (Å²) in [6.45, 7) is -0.0570. The summed E-state index contributed by atoms with van der Waals surface area (Å²) >= 11 is 0. The molecule has 0 amide bonds. The maximum atomic E-state index is 13.4. The van der Waals surface area contributed by atoms with Gasteiger partial charge < -0.3 is 9.84 Å². The lowest BCUT2D eigenvalue weighted by atomic mass is 10.2. The third-order valence-corrected chi connectivity index (χ3v) is 2.52. The predicted octanol–water partition coefficient (Wildman–Crippen LogP) is 3.24. The van der Waals surface area contributed by atoms with Gasteiger partial charge in [-0.15, -0.1) is 0 Å². The van der Waals surface area contributed by atoms with E-state index in [1.807, 2.05) is 0 Å². The molecule has 0 unspecified atom stereocenters. The molecule has 0 aliphatic carbocycles. The van der Waals surface area contributed by atoms with Crippen LogP contribution in [0.5, 0.6) is 5.75 Å². The molecule has 98 valence electrons. The van der Waals surface area contributed by atoms with Crippen molar-refractivity contribution < 1.29 is 23.4 Å². The molecule has 0 aromatic heterocycles. The lowest BCUT2D eigenvalue weighted by molar-refractivity contribution is 0.0692. The van der Waals surface area contributed by atoms with Crippen LogP contribution in [0.15, 0.2) is 42.5 Å². The second-order valence-electron chi connectivity index (χ2n) is 3.83. The molecule has 19 heavy (non-hydrogen) atoms. The third-order valence-electron chi connectivity index (χ3n) is 2.52. The zero-order valence-corrected chi connectivity index (χ0v) is 9.77. The molecule has 0 saturated carbocycles. The van der Waals surface area contributed by atoms with Gasteiger partial charge in [-0.2, -0.15) is 0 Å². The summed E-state index contributed by atoms with van der Waals surface area (Å²) in [6.07, 6.45) is 0. The number of ether oxygens (including phenoxy) is 1. The molecule has 5 heteroatoms. The summed E-state index contributed by atoms with van der Waals surface area (Å²) in [7, 11) is 0. The molecule has 0 saturated heterocycles. The maximum absolute atomic E-state index is 13.4. The van der Waals surface area contributed by atoms with E-state index in [9.17, 15) is 13.6 Å². The van der Waals surface area contributed by atoms with Crippen LogP contribution in [-0.2, 0) is 6.61 Å². The SMILES string of the molecule is O=C(O)c1ccc(OCc2ccccc2F)cc1F. The van der Waals surface area contributed by atoms with Gasteiger partial charge in [0.25, 0.3) is 0 Å². The predicted molar refractivity (Wildman–Crippen MR) is 64.1 cm³/mol. The van der Waals surface area contributed by atoms with Crippen LogP contribution in [-0.4, -0.2) is 11.1 Å². The smallest absolute Gasteiger partial charge is 0.338 e. The average Bonchev–Trinajstić information content (AvgIpc) is 2.37. The van der Waals surface area contributed by atoms with Gasteiger partial charge in [-0.25, -0.2) is 13.6 Å². The van der Waals surface area contributed by atoms with Gasteiger partial charge in [0, 0.05) is 11.6 Å². The van der Waals surface area contributed by atoms with Gasteiger partial charge in [-0.1, -0.05) is 18.2 Å². The second-order valence-corrected chi connectivity index (χ2v) is 3.83. The Morgan fingerprint density at radius 2 is 1.84 bits per heavy atom. The van der Waals surface area contributed by atoms with Crippen molar-refractivity contribution in [3.05, 3.63) is 65.2 Å². The normalized spacial score (nSPS) is 10.2. The van der Waals surface area contributed by atoms with Crippen LogP contribution < -0.4 is 4.74 Å². The molecular formula is C14H10F2O3. The maximum Gasteiger partial charge on any atom is 0.338 e. The molecule has 2 rings (SSSR count). The minimum Gasteiger partial charge on any atom is -0.489 e. The van der Waals surface area contributed by atoms with E-state index in [-0.39, 0.29) is 12.4 Å². The minimum atomic E-state index is -1.35. The Bertz CT molecular complexity index is 611. The molecule has 0 spiro atoms. The van der Waals surface area contributed by atoms with Gasteiger partial charge in [-0.05, 0) is 18.2 Å². The van der Waals surface area contributed by atoms with Crippen molar-refractivity contribution in [2.45, 2.75) is 6.61 Å². The van der Waals surface area contributed by atoms with Gasteiger partial charge in [0.05, 0.1) is 5.56 Å². The van der Waals surface area contributed by atoms with Crippen molar-refractivity contribution in [3.8, 4) is 5.75 Å². The first kappa shape index (κ1) is 13.0. The highest BCUT2D eigenvalue weighted by Gasteiger charge is 2.11. The molecule has 2 aromatic carbocycles. The van der Waals surface area contributed by atoms with E-state index in [2.05, 4.69) is 0 Å². The number of aromatic carboxylic acids is 1. The lowest BCUT2D eigenvalue weighted by Crippen LogP contribution is -2.02. The first-order valence-corrected chi connectivity index (χ1v) is 5.47. The second kappa shape index (κ2) is 5.48. The van der Waals surface area contributed by atoms with E-state index in [0.29, 0.717) is 5.56 Å². The molecular weight excluding hydrogens is 254 g/mol. The molecule has 0 aliphatic rings. The Hall–Kier alpha value is -2.43. The topological polar surface area (TPSA) is 46.5 Å². The van der Waals surface area contributed by atoms with Crippen LogP contribution in [0.3, 0.4) is 0 Å². The number of carboxylic acids is 1. The Morgan fingerprint density at radius 1 is 1.11 bits per heavy atom. The van der Waals surface area contributed by atoms with Crippen molar-refractivity contribution in [2.24, 2.45) is 0 Å². The van der Waals surface area contributed by atoms with E-state index in [0.717, 1.165) is 12.1 Å². The largest absolute Gasteiger partial charge is 0.489 e. The van der Waals surface area contributed by atoms with E-state index in [4.69, 9.17) is 9.84 Å². The molecule has 0 aliphatic heterocycles. The number of benzene rings is 2. The van der Waals surface area contributed by atoms with Crippen molar-refractivity contribution >= 4 is 5.97 Å². The highest BCUT2D eigenvalue weighted by molar-refractivity contribution is 5.88. The number of hydrogen-bond acceptors (Lipinski definition) is 2. The molecule has 2 aromatic rings. The quantitative estimate of drug-likeness (QED) is 0.922. The molecule has 1 N–H and O–H groups in total. The zero-order valence-electron chi connectivity index (χ0n) is 9.77. The number of hydrogen-bond donors (Lipinski definition) is 1. The van der Waals surface area contributed by atoms with Gasteiger partial charge in [0.2, 0.25) is 0 Å². The monoisotopic (exact) mass is 264 g/mol. The number of carbonyl (C=O) groups is 1. The summed E-state index contributed by atoms with van der Waals surface area (Å²) in [5.41, 5.74) is -0.0940. The van der Waals surface area contributed by atoms with E-state index < -0.39 is 23.2 Å². The number of carboxylic acid groups (broad SMARTS) is 1. The number of halogens is 2. The Morgan fingerprint density at radius 3 is 2.47 bits per heavy atom. The summed E-state index contributed by atoms with van der Waals surface area (Å²) in [5.74, 6) is -2.51. The average molecular weight is 264 g/mol. The van der Waals surface area contributed by atoms with Crippen LogP contribution in [0.2, 0.25) is 0 Å². The van der Waals surface area contributed by atoms with Gasteiger partial charge in [-0.3, -0.25) is 0 Å². The van der Waals surface area contributed by atoms with E-state index in [1.54, 1.807) is 18.2 Å². The van der Waals surface area contributed by atoms with Crippen LogP contribution in [0, 0.1) is 11.6 Å². The van der Waals surface area contributed by atoms with Crippen molar-refractivity contribution in [1.82, 2.24) is 0 Å². The van der Waals surface area contributed by atoms with Crippen molar-refractivity contribution in [2.75, 3.05) is 0 Å². The summed E-state index contributed by atoms with van der Waals surface area (Å²) in [6, 6.07) is 9.46. The summed E-state index contributed by atoms with van der Waals surface area (Å²) in [4.78, 5) is 10.6. The molecule has 0 heterocycles. The fourth-order valence-electron chi connectivity index (χ4n) is 1.54. The van der Waals surface area contributed by atoms with Crippen LogP contribution in [0.25, 0.3) is 0 Å². The molecule has 0 bridgehead atoms. The highest BCUT2D eigenvalue weighted by Crippen LogP contribution is 2.18. The van der Waals surface area contributed by atoms with Gasteiger partial charge in [0.1, 0.15) is 24.0 Å². The first-order chi connectivity index (χ1) is 9.08. The zero-order chi connectivity index (χ0) is 13.8. The van der Waals surface area contributed by atoms with Crippen molar-refractivity contribution in [3.63, 3.8) is 0 Å². The van der Waals surface area contributed by atoms with E-state index >= 15 is 0 Å². The molecule has 0 fully saturated rings. The van der Waals surface area contributed by atoms with Crippen molar-refractivity contribution in [1.29, 1.82) is 0 Å². The van der Waals surface area contributed by atoms with Gasteiger partial charge in [0.15, 0.2) is 0 Å². The standard InChI is InChI=1S/C14H10F2O3/c15-12-4-2-1-3-9(12)8-19-10-5-6-11(14(17)18)13(16)7-10/h1-7H,8H2,(H,17,18). The van der Waals surface area contributed by atoms with Crippen LogP contribution in [0.1, 0.15) is 15.9 Å². The van der Waals surface area contributed by atoms with Crippen LogP contribution in [0.4, 0.5) is 8.78 Å². The van der Waals surface area contributed by atoms with E-state index in [1.165, 1.54) is 12.1 Å². The Kier molecular flexibility index (Phi) is 3.75. The molecule has 0 atom stereocenters. The molecule has 3 nitrogen and oxygen atoms in total. The van der Waals surface area contributed by atoms with Crippen LogP contribution >= 0.6 is 0 Å². The fraction of sp³-hybridized carbons (Fsp3) is 0.0714.